The Balaban J connectivity index is 1.39. The van der Waals surface area contributed by atoms with E-state index in [0.717, 1.165) is 21.9 Å². The van der Waals surface area contributed by atoms with E-state index in [1.165, 1.54) is 17.7 Å². The Morgan fingerprint density at radius 3 is 2.70 bits per heavy atom. The van der Waals surface area contributed by atoms with Gasteiger partial charge in [-0.25, -0.2) is 9.37 Å². The van der Waals surface area contributed by atoms with Crippen molar-refractivity contribution in [3.8, 4) is 11.3 Å². The molecule has 0 atom stereocenters. The zero-order valence-corrected chi connectivity index (χ0v) is 18.9. The third-order valence-electron chi connectivity index (χ3n) is 5.59. The lowest BCUT2D eigenvalue weighted by molar-refractivity contribution is 0.0728. The van der Waals surface area contributed by atoms with E-state index >= 15 is 0 Å². The van der Waals surface area contributed by atoms with Crippen LogP contribution in [0.15, 0.2) is 82.9 Å². The number of hydrogen-bond acceptors (Lipinski definition) is 4. The number of aromatic nitrogens is 2. The van der Waals surface area contributed by atoms with Gasteiger partial charge in [-0.2, -0.15) is 0 Å². The number of amides is 1. The summed E-state index contributed by atoms with van der Waals surface area (Å²) in [7, 11) is 0. The van der Waals surface area contributed by atoms with Gasteiger partial charge in [0.1, 0.15) is 11.6 Å². The first-order valence-corrected chi connectivity index (χ1v) is 11.5. The summed E-state index contributed by atoms with van der Waals surface area (Å²) < 4.78 is 21.8. The highest BCUT2D eigenvalue weighted by atomic mass is 32.1. The van der Waals surface area contributed by atoms with Crippen LogP contribution in [0.4, 0.5) is 4.39 Å². The number of thiazole rings is 1. The van der Waals surface area contributed by atoms with Gasteiger partial charge in [-0.05, 0) is 31.2 Å². The smallest absolute Gasteiger partial charge is 0.257 e. The fraction of sp³-hybridized carbons (Fsp3) is 0.154. The van der Waals surface area contributed by atoms with Gasteiger partial charge >= 0.3 is 0 Å². The zero-order valence-electron chi connectivity index (χ0n) is 18.1. The molecule has 5 aromatic rings. The summed E-state index contributed by atoms with van der Waals surface area (Å²) in [5.74, 6) is -0.233. The van der Waals surface area contributed by atoms with Crippen LogP contribution >= 0.6 is 11.3 Å². The van der Waals surface area contributed by atoms with Gasteiger partial charge < -0.3 is 9.32 Å². The minimum Gasteiger partial charge on any atom is -0.467 e. The largest absolute Gasteiger partial charge is 0.467 e. The molecule has 7 heteroatoms. The van der Waals surface area contributed by atoms with Crippen LogP contribution in [0.5, 0.6) is 0 Å². The van der Waals surface area contributed by atoms with Crippen LogP contribution in [0.3, 0.4) is 0 Å². The summed E-state index contributed by atoms with van der Waals surface area (Å²) in [6.45, 7) is 2.74. The van der Waals surface area contributed by atoms with E-state index in [1.54, 1.807) is 40.7 Å². The van der Waals surface area contributed by atoms with E-state index in [1.807, 2.05) is 12.3 Å². The van der Waals surface area contributed by atoms with E-state index in [2.05, 4.69) is 41.0 Å². The van der Waals surface area contributed by atoms with Crippen molar-refractivity contribution in [2.75, 3.05) is 6.54 Å². The molecule has 0 aliphatic carbocycles. The predicted molar refractivity (Wildman–Crippen MR) is 127 cm³/mol. The number of halogens is 1. The van der Waals surface area contributed by atoms with Crippen LogP contribution in [0, 0.1) is 12.7 Å². The molecule has 3 heterocycles. The Morgan fingerprint density at radius 1 is 1.12 bits per heavy atom. The monoisotopic (exact) mass is 459 g/mol. The predicted octanol–water partition coefficient (Wildman–Crippen LogP) is 5.99. The van der Waals surface area contributed by atoms with E-state index in [4.69, 9.17) is 9.40 Å². The van der Waals surface area contributed by atoms with Crippen molar-refractivity contribution >= 4 is 22.2 Å². The molecule has 0 radical (unpaired) electrons. The lowest BCUT2D eigenvalue weighted by atomic mass is 10.1. The average molecular weight is 460 g/mol. The number of benzene rings is 2. The molecular weight excluding hydrogens is 437 g/mol. The number of nitrogens with zero attached hydrogens (tertiary/aromatic N) is 3. The Hall–Kier alpha value is -3.71. The normalized spacial score (nSPS) is 11.2. The van der Waals surface area contributed by atoms with Crippen molar-refractivity contribution in [2.45, 2.75) is 19.9 Å². The molecule has 0 saturated heterocycles. The zero-order chi connectivity index (χ0) is 22.8. The molecular formula is C26H22FN3O2S. The molecule has 0 N–H and O–H groups in total. The van der Waals surface area contributed by atoms with E-state index < -0.39 is 5.82 Å². The molecule has 33 heavy (non-hydrogen) atoms. The maximum absolute atomic E-state index is 14.3. The summed E-state index contributed by atoms with van der Waals surface area (Å²) in [6.07, 6.45) is 4.20. The molecule has 166 valence electrons. The molecule has 0 aliphatic rings. The van der Waals surface area contributed by atoms with Gasteiger partial charge in [0, 0.05) is 35.8 Å². The lowest BCUT2D eigenvalue weighted by Gasteiger charge is -2.22. The molecule has 0 saturated carbocycles. The van der Waals surface area contributed by atoms with Crippen molar-refractivity contribution < 1.29 is 13.6 Å². The highest BCUT2D eigenvalue weighted by Crippen LogP contribution is 2.25. The standard InChI is InChI=1S/C26H22FN3O2S/c1-18-8-10-19(11-9-18)24-16-30-20(17-33-26(30)28-24)12-13-29(15-21-5-4-14-32-21)25(31)22-6-2-3-7-23(22)27/h2-11,14,16-17H,12-13,15H2,1H3. The molecule has 0 bridgehead atoms. The third kappa shape index (κ3) is 4.45. The first kappa shape index (κ1) is 21.2. The van der Waals surface area contributed by atoms with Crippen molar-refractivity contribution in [3.05, 3.63) is 107 Å². The Labute approximate surface area is 194 Å². The number of fused-ring (bicyclic) bond motifs is 1. The van der Waals surface area contributed by atoms with Crippen LogP contribution in [0.2, 0.25) is 0 Å². The number of hydrogen-bond donors (Lipinski definition) is 0. The summed E-state index contributed by atoms with van der Waals surface area (Å²) in [5.41, 5.74) is 4.29. The summed E-state index contributed by atoms with van der Waals surface area (Å²) in [6, 6.07) is 17.9. The number of furan rings is 1. The molecule has 0 spiro atoms. The Kier molecular flexibility index (Phi) is 5.79. The molecule has 0 unspecified atom stereocenters. The average Bonchev–Trinajstić information content (AvgIpc) is 3.55. The Morgan fingerprint density at radius 2 is 1.94 bits per heavy atom. The van der Waals surface area contributed by atoms with Gasteiger partial charge in [0.15, 0.2) is 4.96 Å². The number of rotatable bonds is 7. The van der Waals surface area contributed by atoms with Crippen molar-refractivity contribution in [1.82, 2.24) is 14.3 Å². The van der Waals surface area contributed by atoms with Gasteiger partial charge in [0.25, 0.3) is 5.91 Å². The minimum atomic E-state index is -0.526. The third-order valence-corrected chi connectivity index (χ3v) is 6.48. The molecule has 5 nitrogen and oxygen atoms in total. The maximum Gasteiger partial charge on any atom is 0.257 e. The minimum absolute atomic E-state index is 0.0591. The fourth-order valence-corrected chi connectivity index (χ4v) is 4.68. The topological polar surface area (TPSA) is 50.8 Å². The van der Waals surface area contributed by atoms with E-state index in [-0.39, 0.29) is 18.0 Å². The SMILES string of the molecule is Cc1ccc(-c2cn3c(CCN(Cc4ccco4)C(=O)c4ccccc4F)csc3n2)cc1. The molecule has 5 rings (SSSR count). The summed E-state index contributed by atoms with van der Waals surface area (Å²) in [5, 5.41) is 2.06. The van der Waals surface area contributed by atoms with Gasteiger partial charge in [-0.15, -0.1) is 11.3 Å². The number of aryl methyl sites for hydroxylation is 1. The van der Waals surface area contributed by atoms with Crippen LogP contribution in [0.25, 0.3) is 16.2 Å². The second kappa shape index (κ2) is 9.03. The molecule has 2 aromatic carbocycles. The van der Waals surface area contributed by atoms with Gasteiger partial charge in [0.05, 0.1) is 24.1 Å². The first-order chi connectivity index (χ1) is 16.1. The van der Waals surface area contributed by atoms with Gasteiger partial charge in [0.2, 0.25) is 0 Å². The van der Waals surface area contributed by atoms with Crippen LogP contribution < -0.4 is 0 Å². The van der Waals surface area contributed by atoms with Crippen molar-refractivity contribution in [1.29, 1.82) is 0 Å². The van der Waals surface area contributed by atoms with E-state index in [9.17, 15) is 9.18 Å². The lowest BCUT2D eigenvalue weighted by Crippen LogP contribution is -2.33. The fourth-order valence-electron chi connectivity index (χ4n) is 3.77. The van der Waals surface area contributed by atoms with Crippen LogP contribution in [-0.2, 0) is 13.0 Å². The number of carbonyl (C=O) groups excluding carboxylic acids is 1. The molecule has 0 aliphatic heterocycles. The molecule has 0 fully saturated rings. The van der Waals surface area contributed by atoms with Crippen molar-refractivity contribution in [3.63, 3.8) is 0 Å². The quantitative estimate of drug-likeness (QED) is 0.300. The maximum atomic E-state index is 14.3. The highest BCUT2D eigenvalue weighted by molar-refractivity contribution is 7.15. The molecule has 1 amide bonds. The van der Waals surface area contributed by atoms with E-state index in [0.29, 0.717) is 18.7 Å². The van der Waals surface area contributed by atoms with Crippen LogP contribution in [0.1, 0.15) is 27.4 Å². The Bertz CT molecular complexity index is 1390. The summed E-state index contributed by atoms with van der Waals surface area (Å²) >= 11 is 1.57. The second-order valence-electron chi connectivity index (χ2n) is 7.91. The first-order valence-electron chi connectivity index (χ1n) is 10.7. The van der Waals surface area contributed by atoms with Gasteiger partial charge in [-0.1, -0.05) is 42.0 Å². The van der Waals surface area contributed by atoms with Crippen LogP contribution in [-0.4, -0.2) is 26.7 Å². The van der Waals surface area contributed by atoms with Crippen molar-refractivity contribution in [2.24, 2.45) is 0 Å². The number of carbonyl (C=O) groups is 1. The second-order valence-corrected chi connectivity index (χ2v) is 8.74. The summed E-state index contributed by atoms with van der Waals surface area (Å²) in [4.78, 5) is 20.4. The molecule has 3 aromatic heterocycles. The number of imidazole rings is 1. The highest BCUT2D eigenvalue weighted by Gasteiger charge is 2.21. The van der Waals surface area contributed by atoms with Gasteiger partial charge in [-0.3, -0.25) is 9.20 Å².